The quantitative estimate of drug-likeness (QED) is 0.177. The Morgan fingerprint density at radius 3 is 1.59 bits per heavy atom. The second kappa shape index (κ2) is 12.8. The molecule has 0 saturated heterocycles. The summed E-state index contributed by atoms with van der Waals surface area (Å²) >= 11 is 0. The first-order valence-electron chi connectivity index (χ1n) is 19.6. The Balaban J connectivity index is 1.16. The fourth-order valence-corrected chi connectivity index (χ4v) is 8.91. The van der Waals surface area contributed by atoms with Crippen molar-refractivity contribution in [1.29, 1.82) is 0 Å². The summed E-state index contributed by atoms with van der Waals surface area (Å²) in [6.07, 6.45) is 0. The maximum Gasteiger partial charge on any atom is 0.164 e. The smallest absolute Gasteiger partial charge is 0.164 e. The zero-order valence-electron chi connectivity index (χ0n) is 31.3. The van der Waals surface area contributed by atoms with Crippen LogP contribution in [0.2, 0.25) is 0 Å². The van der Waals surface area contributed by atoms with Gasteiger partial charge in [-0.05, 0) is 64.0 Å². The van der Waals surface area contributed by atoms with Crippen LogP contribution in [0.1, 0.15) is 0 Å². The van der Waals surface area contributed by atoms with E-state index in [-0.39, 0.29) is 0 Å². The lowest BCUT2D eigenvalue weighted by Gasteiger charge is -2.14. The molecule has 12 rings (SSSR count). The van der Waals surface area contributed by atoms with Crippen molar-refractivity contribution in [3.8, 4) is 45.5 Å². The molecule has 3 heterocycles. The standard InChI is InChI=1S/C53H33N5/c1-3-16-35(17-4-1)51-54-52(36-18-5-2-6-19-36)56-53(55-51)45-33-40(32-38-21-9-10-22-41(38)45)57-47-26-14-12-24-44(47)49-48(57)30-29-43-42-23-11-13-25-46(42)58(50(43)49)39-28-27-34-15-7-8-20-37(34)31-39/h1-33H. The van der Waals surface area contributed by atoms with Crippen molar-refractivity contribution < 1.29 is 0 Å². The molecule has 58 heavy (non-hydrogen) atoms. The van der Waals surface area contributed by atoms with Crippen LogP contribution in [0.25, 0.3) is 111 Å². The topological polar surface area (TPSA) is 48.5 Å². The van der Waals surface area contributed by atoms with Gasteiger partial charge in [0.05, 0.1) is 22.1 Å². The molecule has 0 bridgehead atoms. The SMILES string of the molecule is c1ccc(-c2nc(-c3ccccc3)nc(-c3cc(-n4c5ccccc5c5c4ccc4c6ccccc6n(-c6ccc7ccccc7c6)c45)cc4ccccc34)n2)cc1. The Morgan fingerprint density at radius 1 is 0.310 bits per heavy atom. The summed E-state index contributed by atoms with van der Waals surface area (Å²) in [5.41, 5.74) is 9.65. The van der Waals surface area contributed by atoms with E-state index in [1.54, 1.807) is 0 Å². The number of nitrogens with zero attached hydrogens (tertiary/aromatic N) is 5. The van der Waals surface area contributed by atoms with Gasteiger partial charge in [-0.1, -0.05) is 158 Å². The molecule has 0 aliphatic carbocycles. The molecule has 0 atom stereocenters. The molecule has 0 spiro atoms. The van der Waals surface area contributed by atoms with Crippen LogP contribution in [-0.2, 0) is 0 Å². The summed E-state index contributed by atoms with van der Waals surface area (Å²) in [7, 11) is 0. The molecule has 0 unspecified atom stereocenters. The number of benzene rings is 9. The van der Waals surface area contributed by atoms with Gasteiger partial charge in [-0.2, -0.15) is 0 Å². The first kappa shape index (κ1) is 32.4. The minimum Gasteiger partial charge on any atom is -0.309 e. The normalized spacial score (nSPS) is 11.8. The van der Waals surface area contributed by atoms with Gasteiger partial charge in [0.1, 0.15) is 0 Å². The van der Waals surface area contributed by atoms with Crippen molar-refractivity contribution in [2.24, 2.45) is 0 Å². The third kappa shape index (κ3) is 5.00. The average Bonchev–Trinajstić information content (AvgIpc) is 3.82. The largest absolute Gasteiger partial charge is 0.309 e. The molecule has 12 aromatic rings. The van der Waals surface area contributed by atoms with Gasteiger partial charge in [0.25, 0.3) is 0 Å². The summed E-state index contributed by atoms with van der Waals surface area (Å²) in [4.78, 5) is 15.4. The molecule has 0 saturated carbocycles. The molecule has 5 nitrogen and oxygen atoms in total. The lowest BCUT2D eigenvalue weighted by Crippen LogP contribution is -2.02. The molecular formula is C53H33N5. The van der Waals surface area contributed by atoms with Gasteiger partial charge >= 0.3 is 0 Å². The van der Waals surface area contributed by atoms with E-state index in [1.807, 2.05) is 36.4 Å². The second-order valence-electron chi connectivity index (χ2n) is 14.8. The number of hydrogen-bond donors (Lipinski definition) is 0. The second-order valence-corrected chi connectivity index (χ2v) is 14.8. The third-order valence-electron chi connectivity index (χ3n) is 11.5. The lowest BCUT2D eigenvalue weighted by atomic mass is 10.0. The first-order valence-corrected chi connectivity index (χ1v) is 19.6. The zero-order chi connectivity index (χ0) is 38.2. The molecule has 0 N–H and O–H groups in total. The highest BCUT2D eigenvalue weighted by Crippen LogP contribution is 2.43. The number of rotatable bonds is 5. The van der Waals surface area contributed by atoms with Crippen molar-refractivity contribution in [3.63, 3.8) is 0 Å². The number of fused-ring (bicyclic) bond motifs is 9. The molecule has 0 amide bonds. The van der Waals surface area contributed by atoms with E-state index in [0.717, 1.165) is 49.9 Å². The van der Waals surface area contributed by atoms with Gasteiger partial charge in [0.2, 0.25) is 0 Å². The van der Waals surface area contributed by atoms with Gasteiger partial charge < -0.3 is 9.13 Å². The highest BCUT2D eigenvalue weighted by molar-refractivity contribution is 6.26. The van der Waals surface area contributed by atoms with Crippen LogP contribution < -0.4 is 0 Å². The van der Waals surface area contributed by atoms with Crippen LogP contribution >= 0.6 is 0 Å². The Bertz CT molecular complexity index is 3510. The molecule has 270 valence electrons. The number of hydrogen-bond acceptors (Lipinski definition) is 3. The molecule has 9 aromatic carbocycles. The van der Waals surface area contributed by atoms with Crippen LogP contribution in [0.4, 0.5) is 0 Å². The third-order valence-corrected chi connectivity index (χ3v) is 11.5. The Kier molecular flexibility index (Phi) is 7.16. The molecule has 0 radical (unpaired) electrons. The van der Waals surface area contributed by atoms with Crippen LogP contribution in [0.5, 0.6) is 0 Å². The lowest BCUT2D eigenvalue weighted by molar-refractivity contribution is 1.07. The first-order chi connectivity index (χ1) is 28.8. The van der Waals surface area contributed by atoms with Crippen molar-refractivity contribution in [2.75, 3.05) is 0 Å². The minimum absolute atomic E-state index is 0.630. The summed E-state index contributed by atoms with van der Waals surface area (Å²) in [5, 5.41) is 9.50. The zero-order valence-corrected chi connectivity index (χ0v) is 31.3. The van der Waals surface area contributed by atoms with Gasteiger partial charge in [-0.15, -0.1) is 0 Å². The van der Waals surface area contributed by atoms with Crippen molar-refractivity contribution in [2.45, 2.75) is 0 Å². The van der Waals surface area contributed by atoms with Crippen LogP contribution in [0, 0.1) is 0 Å². The summed E-state index contributed by atoms with van der Waals surface area (Å²) in [6, 6.07) is 71.0. The van der Waals surface area contributed by atoms with E-state index in [1.165, 1.54) is 43.4 Å². The van der Waals surface area contributed by atoms with E-state index in [2.05, 4.69) is 173 Å². The highest BCUT2D eigenvalue weighted by Gasteiger charge is 2.22. The molecule has 5 heteroatoms. The van der Waals surface area contributed by atoms with Crippen LogP contribution in [-0.4, -0.2) is 24.1 Å². The van der Waals surface area contributed by atoms with Crippen molar-refractivity contribution in [1.82, 2.24) is 24.1 Å². The van der Waals surface area contributed by atoms with E-state index < -0.39 is 0 Å². The molecule has 3 aromatic heterocycles. The van der Waals surface area contributed by atoms with Crippen molar-refractivity contribution in [3.05, 3.63) is 200 Å². The van der Waals surface area contributed by atoms with Gasteiger partial charge in [0.15, 0.2) is 17.5 Å². The fourth-order valence-electron chi connectivity index (χ4n) is 8.91. The minimum atomic E-state index is 0.630. The Hall–Kier alpha value is -7.89. The van der Waals surface area contributed by atoms with Gasteiger partial charge in [-0.3, -0.25) is 0 Å². The summed E-state index contributed by atoms with van der Waals surface area (Å²) in [6.45, 7) is 0. The number of para-hydroxylation sites is 2. The predicted octanol–water partition coefficient (Wildman–Crippen LogP) is 13.4. The van der Waals surface area contributed by atoms with Crippen LogP contribution in [0.15, 0.2) is 200 Å². The Morgan fingerprint density at radius 2 is 0.862 bits per heavy atom. The fraction of sp³-hybridized carbons (Fsp3) is 0. The maximum atomic E-state index is 5.19. The van der Waals surface area contributed by atoms with Crippen LogP contribution in [0.3, 0.4) is 0 Å². The molecule has 0 aliphatic rings. The summed E-state index contributed by atoms with van der Waals surface area (Å²) < 4.78 is 4.88. The monoisotopic (exact) mass is 739 g/mol. The summed E-state index contributed by atoms with van der Waals surface area (Å²) in [5.74, 6) is 1.91. The van der Waals surface area contributed by atoms with Crippen molar-refractivity contribution >= 4 is 65.2 Å². The van der Waals surface area contributed by atoms with E-state index in [0.29, 0.717) is 17.5 Å². The number of aromatic nitrogens is 5. The van der Waals surface area contributed by atoms with E-state index in [4.69, 9.17) is 15.0 Å². The maximum absolute atomic E-state index is 5.19. The highest BCUT2D eigenvalue weighted by atomic mass is 15.0. The van der Waals surface area contributed by atoms with E-state index in [9.17, 15) is 0 Å². The molecule has 0 fully saturated rings. The van der Waals surface area contributed by atoms with Gasteiger partial charge in [0, 0.05) is 49.6 Å². The predicted molar refractivity (Wildman–Crippen MR) is 240 cm³/mol. The van der Waals surface area contributed by atoms with E-state index >= 15 is 0 Å². The average molecular weight is 740 g/mol. The molecule has 0 aliphatic heterocycles. The Labute approximate surface area is 333 Å². The molecular weight excluding hydrogens is 707 g/mol. The van der Waals surface area contributed by atoms with Gasteiger partial charge in [-0.25, -0.2) is 15.0 Å².